The maximum Gasteiger partial charge on any atom is 0.262 e. The topological polar surface area (TPSA) is 52.0 Å². The number of carbonyl (C=O) groups is 1. The number of nitrogens with zero attached hydrogens (tertiary/aromatic N) is 2. The molecule has 4 nitrogen and oxygen atoms in total. The lowest BCUT2D eigenvalue weighted by Gasteiger charge is -2.12. The molecule has 0 aliphatic carbocycles. The van der Waals surface area contributed by atoms with Crippen LogP contribution in [-0.4, -0.2) is 15.3 Å². The summed E-state index contributed by atoms with van der Waals surface area (Å²) in [6, 6.07) is 9.14. The van der Waals surface area contributed by atoms with Gasteiger partial charge in [-0.15, -0.1) is 11.3 Å². The monoisotopic (exact) mass is 360 g/mol. The zero-order chi connectivity index (χ0) is 17.3. The standard InChI is InChI=1S/C18H17ClN2O2S/c1-3-14-10-15-17(24-14)20-16(12-4-6-13(19)7-5-12)21(18(15)23)9-8-11(2)22/h4-7,10H,3,8-9H2,1-2H3. The highest BCUT2D eigenvalue weighted by Gasteiger charge is 2.15. The number of aryl methyl sites for hydroxylation is 1. The quantitative estimate of drug-likeness (QED) is 0.680. The first-order valence-corrected chi connectivity index (χ1v) is 8.97. The van der Waals surface area contributed by atoms with Crippen LogP contribution in [0.5, 0.6) is 0 Å². The molecule has 6 heteroatoms. The lowest BCUT2D eigenvalue weighted by atomic mass is 10.2. The second kappa shape index (κ2) is 6.87. The summed E-state index contributed by atoms with van der Waals surface area (Å²) < 4.78 is 1.60. The average molecular weight is 361 g/mol. The van der Waals surface area contributed by atoms with E-state index in [0.717, 1.165) is 21.7 Å². The number of halogens is 1. The summed E-state index contributed by atoms with van der Waals surface area (Å²) in [5.41, 5.74) is 0.718. The molecule has 2 aromatic heterocycles. The number of benzene rings is 1. The molecule has 0 bridgehead atoms. The number of thiophene rings is 1. The van der Waals surface area contributed by atoms with Crippen LogP contribution in [0.1, 0.15) is 25.1 Å². The van der Waals surface area contributed by atoms with Crippen molar-refractivity contribution in [1.82, 2.24) is 9.55 Å². The molecule has 0 fully saturated rings. The first kappa shape index (κ1) is 16.9. The Morgan fingerprint density at radius 1 is 1.29 bits per heavy atom. The highest BCUT2D eigenvalue weighted by atomic mass is 35.5. The van der Waals surface area contributed by atoms with Gasteiger partial charge in [-0.1, -0.05) is 18.5 Å². The molecule has 2 heterocycles. The summed E-state index contributed by atoms with van der Waals surface area (Å²) in [6.07, 6.45) is 1.17. The Kier molecular flexibility index (Phi) is 4.83. The molecule has 0 atom stereocenters. The van der Waals surface area contributed by atoms with E-state index >= 15 is 0 Å². The Labute approximate surface area is 148 Å². The number of hydrogen-bond donors (Lipinski definition) is 0. The van der Waals surface area contributed by atoms with E-state index in [1.54, 1.807) is 16.7 Å². The number of carbonyl (C=O) groups excluding carboxylic acids is 1. The van der Waals surface area contributed by atoms with Gasteiger partial charge in [-0.3, -0.25) is 14.2 Å². The number of aromatic nitrogens is 2. The van der Waals surface area contributed by atoms with Gasteiger partial charge in [0.1, 0.15) is 16.4 Å². The van der Waals surface area contributed by atoms with E-state index in [4.69, 9.17) is 16.6 Å². The highest BCUT2D eigenvalue weighted by molar-refractivity contribution is 7.18. The van der Waals surface area contributed by atoms with Crippen LogP contribution in [0.25, 0.3) is 21.6 Å². The van der Waals surface area contributed by atoms with Gasteiger partial charge in [-0.25, -0.2) is 4.98 Å². The minimum atomic E-state index is -0.0952. The SMILES string of the molecule is CCc1cc2c(=O)n(CCC(C)=O)c(-c3ccc(Cl)cc3)nc2s1. The van der Waals surface area contributed by atoms with Crippen LogP contribution in [-0.2, 0) is 17.8 Å². The maximum absolute atomic E-state index is 12.9. The summed E-state index contributed by atoms with van der Waals surface area (Å²) >= 11 is 7.50. The molecule has 0 amide bonds. The van der Waals surface area contributed by atoms with E-state index in [2.05, 4.69) is 6.92 Å². The molecule has 0 N–H and O–H groups in total. The molecule has 3 aromatic rings. The Morgan fingerprint density at radius 2 is 2.00 bits per heavy atom. The van der Waals surface area contributed by atoms with Crippen molar-refractivity contribution in [2.45, 2.75) is 33.2 Å². The van der Waals surface area contributed by atoms with E-state index in [-0.39, 0.29) is 11.3 Å². The van der Waals surface area contributed by atoms with Crippen molar-refractivity contribution in [2.24, 2.45) is 0 Å². The molecular formula is C18H17ClN2O2S. The highest BCUT2D eigenvalue weighted by Crippen LogP contribution is 2.26. The van der Waals surface area contributed by atoms with E-state index in [9.17, 15) is 9.59 Å². The van der Waals surface area contributed by atoms with Crippen LogP contribution in [0.4, 0.5) is 0 Å². The lowest BCUT2D eigenvalue weighted by molar-refractivity contribution is -0.117. The lowest BCUT2D eigenvalue weighted by Crippen LogP contribution is -2.24. The molecule has 3 rings (SSSR count). The van der Waals surface area contributed by atoms with Gasteiger partial charge in [0, 0.05) is 28.4 Å². The van der Waals surface area contributed by atoms with Crippen molar-refractivity contribution in [3.8, 4) is 11.4 Å². The Morgan fingerprint density at radius 3 is 2.62 bits per heavy atom. The minimum Gasteiger partial charge on any atom is -0.300 e. The number of rotatable bonds is 5. The smallest absolute Gasteiger partial charge is 0.262 e. The predicted molar refractivity (Wildman–Crippen MR) is 99.0 cm³/mol. The fourth-order valence-electron chi connectivity index (χ4n) is 2.54. The van der Waals surface area contributed by atoms with Crippen LogP contribution in [0.15, 0.2) is 35.1 Å². The van der Waals surface area contributed by atoms with Crippen LogP contribution < -0.4 is 5.56 Å². The Hall–Kier alpha value is -1.98. The number of Topliss-reactive ketones (excluding diaryl/α,β-unsaturated/α-hetero) is 1. The van der Waals surface area contributed by atoms with Crippen molar-refractivity contribution >= 4 is 38.9 Å². The summed E-state index contributed by atoms with van der Waals surface area (Å²) in [7, 11) is 0. The largest absolute Gasteiger partial charge is 0.300 e. The molecule has 24 heavy (non-hydrogen) atoms. The third-order valence-corrected chi connectivity index (χ3v) is 5.27. The van der Waals surface area contributed by atoms with Gasteiger partial charge in [0.2, 0.25) is 0 Å². The molecule has 0 aliphatic rings. The van der Waals surface area contributed by atoms with E-state index in [0.29, 0.717) is 29.2 Å². The van der Waals surface area contributed by atoms with Gasteiger partial charge in [0.05, 0.1) is 5.39 Å². The van der Waals surface area contributed by atoms with Crippen molar-refractivity contribution in [1.29, 1.82) is 0 Å². The minimum absolute atomic E-state index is 0.0450. The van der Waals surface area contributed by atoms with Crippen molar-refractivity contribution in [3.05, 3.63) is 50.6 Å². The Balaban J connectivity index is 2.23. The zero-order valence-corrected chi connectivity index (χ0v) is 15.1. The van der Waals surface area contributed by atoms with Gasteiger partial charge in [0.25, 0.3) is 5.56 Å². The molecule has 0 aliphatic heterocycles. The maximum atomic E-state index is 12.9. The number of hydrogen-bond acceptors (Lipinski definition) is 4. The van der Waals surface area contributed by atoms with E-state index in [1.807, 2.05) is 18.2 Å². The molecule has 1 aromatic carbocycles. The third kappa shape index (κ3) is 3.28. The van der Waals surface area contributed by atoms with Crippen molar-refractivity contribution in [2.75, 3.05) is 0 Å². The second-order valence-corrected chi connectivity index (χ2v) is 7.19. The Bertz CT molecular complexity index is 958. The van der Waals surface area contributed by atoms with Crippen LogP contribution in [0.2, 0.25) is 5.02 Å². The van der Waals surface area contributed by atoms with Gasteiger partial charge in [0.15, 0.2) is 0 Å². The van der Waals surface area contributed by atoms with Gasteiger partial charge in [-0.2, -0.15) is 0 Å². The summed E-state index contributed by atoms with van der Waals surface area (Å²) in [6.45, 7) is 3.91. The van der Waals surface area contributed by atoms with Gasteiger partial charge >= 0.3 is 0 Å². The summed E-state index contributed by atoms with van der Waals surface area (Å²) in [5.74, 6) is 0.624. The molecular weight excluding hydrogens is 344 g/mol. The van der Waals surface area contributed by atoms with E-state index < -0.39 is 0 Å². The second-order valence-electron chi connectivity index (χ2n) is 5.64. The molecule has 0 radical (unpaired) electrons. The number of ketones is 1. The van der Waals surface area contributed by atoms with Crippen molar-refractivity contribution in [3.63, 3.8) is 0 Å². The normalized spacial score (nSPS) is 11.1. The molecule has 124 valence electrons. The summed E-state index contributed by atoms with van der Waals surface area (Å²) in [4.78, 5) is 30.9. The van der Waals surface area contributed by atoms with E-state index in [1.165, 1.54) is 18.3 Å². The number of fused-ring (bicyclic) bond motifs is 1. The molecule has 0 unspecified atom stereocenters. The average Bonchev–Trinajstić information content (AvgIpc) is 2.98. The molecule has 0 spiro atoms. The van der Waals surface area contributed by atoms with Gasteiger partial charge in [-0.05, 0) is 43.7 Å². The third-order valence-electron chi connectivity index (χ3n) is 3.84. The molecule has 0 saturated heterocycles. The molecule has 0 saturated carbocycles. The predicted octanol–water partition coefficient (Wildman–Crippen LogP) is 4.32. The van der Waals surface area contributed by atoms with Crippen LogP contribution in [0.3, 0.4) is 0 Å². The summed E-state index contributed by atoms with van der Waals surface area (Å²) in [5, 5.41) is 1.25. The van der Waals surface area contributed by atoms with Gasteiger partial charge < -0.3 is 0 Å². The fourth-order valence-corrected chi connectivity index (χ4v) is 3.62. The van der Waals surface area contributed by atoms with Crippen LogP contribution in [0, 0.1) is 0 Å². The van der Waals surface area contributed by atoms with Crippen LogP contribution >= 0.6 is 22.9 Å². The zero-order valence-electron chi connectivity index (χ0n) is 13.5. The fraction of sp³-hybridized carbons (Fsp3) is 0.278. The first-order valence-electron chi connectivity index (χ1n) is 7.78. The first-order chi connectivity index (χ1) is 11.5. The van der Waals surface area contributed by atoms with Crippen molar-refractivity contribution < 1.29 is 4.79 Å².